The number of hydrogen-bond acceptors (Lipinski definition) is 7. The third kappa shape index (κ3) is 4.43. The molecule has 1 heterocycles. The third-order valence-corrected chi connectivity index (χ3v) is 2.90. The first-order chi connectivity index (χ1) is 9.13. The van der Waals surface area contributed by atoms with Gasteiger partial charge in [0.15, 0.2) is 0 Å². The van der Waals surface area contributed by atoms with Gasteiger partial charge in [0.25, 0.3) is 7.41 Å². The molecule has 0 aromatic heterocycles. The summed E-state index contributed by atoms with van der Waals surface area (Å²) in [6, 6.07) is -1.07. The Hall–Kier alpha value is -1.22. The van der Waals surface area contributed by atoms with E-state index in [0.717, 1.165) is 0 Å². The zero-order valence-corrected chi connectivity index (χ0v) is 10.8. The van der Waals surface area contributed by atoms with E-state index < -0.39 is 24.2 Å². The van der Waals surface area contributed by atoms with E-state index in [1.807, 2.05) is 0 Å². The van der Waals surface area contributed by atoms with Crippen LogP contribution in [0.3, 0.4) is 0 Å². The molecule has 1 aliphatic rings. The van der Waals surface area contributed by atoms with Gasteiger partial charge < -0.3 is 19.4 Å². The summed E-state index contributed by atoms with van der Waals surface area (Å²) in [7, 11) is 2.53. The Balaban J connectivity index is 2.64. The molecule has 1 aliphatic heterocycles. The molecule has 2 N–H and O–H groups in total. The average molecular weight is 269 g/mol. The van der Waals surface area contributed by atoms with Gasteiger partial charge in [0.2, 0.25) is 0 Å². The topological polar surface area (TPSA) is 88.1 Å². The van der Waals surface area contributed by atoms with Crippen LogP contribution in [0.5, 0.6) is 0 Å². The van der Waals surface area contributed by atoms with Crippen molar-refractivity contribution in [3.8, 4) is 0 Å². The van der Waals surface area contributed by atoms with Crippen LogP contribution in [0.4, 0.5) is 0 Å². The van der Waals surface area contributed by atoms with Gasteiger partial charge in [0, 0.05) is 13.0 Å². The van der Waals surface area contributed by atoms with Crippen molar-refractivity contribution in [1.29, 1.82) is 0 Å². The Morgan fingerprint density at radius 3 is 3.00 bits per heavy atom. The van der Waals surface area contributed by atoms with Gasteiger partial charge in [-0.2, -0.15) is 5.48 Å². The Morgan fingerprint density at radius 1 is 1.68 bits per heavy atom. The highest BCUT2D eigenvalue weighted by Gasteiger charge is 2.38. The Labute approximate surface area is 112 Å². The van der Waals surface area contributed by atoms with E-state index in [-0.39, 0.29) is 13.0 Å². The van der Waals surface area contributed by atoms with Gasteiger partial charge in [-0.1, -0.05) is 6.08 Å². The molecule has 7 nitrogen and oxygen atoms in total. The molecule has 1 fully saturated rings. The van der Waals surface area contributed by atoms with Gasteiger partial charge in [-0.05, 0) is 0 Å². The van der Waals surface area contributed by atoms with Crippen LogP contribution in [-0.2, 0) is 19.2 Å². The third-order valence-electron chi connectivity index (χ3n) is 2.90. The number of carbonyl (C=O) groups is 2. The van der Waals surface area contributed by atoms with Gasteiger partial charge in [0.05, 0.1) is 32.0 Å². The van der Waals surface area contributed by atoms with Gasteiger partial charge in [0.1, 0.15) is 6.04 Å². The smallest absolute Gasteiger partial charge is 0.322 e. The second kappa shape index (κ2) is 8.06. The van der Waals surface area contributed by atoms with Crippen molar-refractivity contribution >= 4 is 19.6 Å². The minimum Gasteiger partial charge on any atom is -0.468 e. The van der Waals surface area contributed by atoms with Crippen LogP contribution >= 0.6 is 0 Å². The van der Waals surface area contributed by atoms with E-state index in [1.165, 1.54) is 19.3 Å². The van der Waals surface area contributed by atoms with Crippen molar-refractivity contribution in [2.75, 3.05) is 20.3 Å². The van der Waals surface area contributed by atoms with Crippen molar-refractivity contribution in [3.63, 3.8) is 0 Å². The fraction of sp³-hybridized carbons (Fsp3) is 0.636. The zero-order chi connectivity index (χ0) is 14.3. The van der Waals surface area contributed by atoms with E-state index in [9.17, 15) is 14.7 Å². The van der Waals surface area contributed by atoms with Gasteiger partial charge >= 0.3 is 5.97 Å². The number of carbonyl (C=O) groups excluding carboxylic acids is 2. The number of rotatable bonds is 7. The number of hydrogen-bond donors (Lipinski definition) is 2. The molecule has 1 saturated heterocycles. The molecule has 105 valence electrons. The second-order valence-corrected chi connectivity index (χ2v) is 4.15. The summed E-state index contributed by atoms with van der Waals surface area (Å²) >= 11 is 0. The number of piperidine rings is 1. The maximum atomic E-state index is 11.6. The van der Waals surface area contributed by atoms with Crippen LogP contribution in [0.25, 0.3) is 0 Å². The average Bonchev–Trinajstić information content (AvgIpc) is 2.41. The van der Waals surface area contributed by atoms with Crippen LogP contribution in [0.15, 0.2) is 12.7 Å². The number of nitrogens with zero attached hydrogens (tertiary/aromatic N) is 1. The molecule has 1 radical (unpaired) electrons. The van der Waals surface area contributed by atoms with Crippen molar-refractivity contribution in [3.05, 3.63) is 12.7 Å². The van der Waals surface area contributed by atoms with Crippen LogP contribution in [0.1, 0.15) is 6.42 Å². The molecule has 3 atom stereocenters. The monoisotopic (exact) mass is 269 g/mol. The van der Waals surface area contributed by atoms with Gasteiger partial charge in [-0.15, -0.1) is 6.58 Å². The minimum atomic E-state index is -0.773. The van der Waals surface area contributed by atoms with Crippen LogP contribution in [0.2, 0.25) is 0 Å². The molecule has 0 bridgehead atoms. The SMILES string of the molecule is C=CCON[C@H]1CN([B]C=O)[C@H](C(=O)OC)C[C@@H]1O. The lowest BCUT2D eigenvalue weighted by Crippen LogP contribution is -2.60. The Bertz CT molecular complexity index is 328. The van der Waals surface area contributed by atoms with Crippen LogP contribution in [0, 0.1) is 0 Å². The molecule has 1 rings (SSSR count). The first-order valence-corrected chi connectivity index (χ1v) is 5.92. The molecular formula is C11H18BN2O5. The number of methoxy groups -OCH3 is 1. The summed E-state index contributed by atoms with van der Waals surface area (Å²) in [6.07, 6.45) is 1.54. The summed E-state index contributed by atoms with van der Waals surface area (Å²) in [4.78, 5) is 28.8. The first kappa shape index (κ1) is 15.8. The van der Waals surface area contributed by atoms with Crippen LogP contribution in [-0.4, -0.2) is 67.9 Å². The minimum absolute atomic E-state index is 0.159. The van der Waals surface area contributed by atoms with E-state index >= 15 is 0 Å². The van der Waals surface area contributed by atoms with Crippen molar-refractivity contribution < 1.29 is 24.3 Å². The number of ether oxygens (including phenoxy) is 1. The lowest BCUT2D eigenvalue weighted by molar-refractivity contribution is -0.149. The van der Waals surface area contributed by atoms with E-state index in [0.29, 0.717) is 12.8 Å². The normalized spacial score (nSPS) is 27.6. The lowest BCUT2D eigenvalue weighted by Gasteiger charge is -2.40. The maximum absolute atomic E-state index is 11.6. The fourth-order valence-corrected chi connectivity index (χ4v) is 1.94. The molecule has 8 heteroatoms. The predicted molar refractivity (Wildman–Crippen MR) is 68.7 cm³/mol. The van der Waals surface area contributed by atoms with E-state index in [4.69, 9.17) is 4.84 Å². The van der Waals surface area contributed by atoms with Gasteiger partial charge in [-0.3, -0.25) is 9.63 Å². The number of aliphatic hydroxyl groups excluding tert-OH is 1. The van der Waals surface area contributed by atoms with E-state index in [2.05, 4.69) is 16.8 Å². The standard InChI is InChI=1S/C11H18BN2O5/c1-3-4-19-13-8-6-14(12-7-15)9(5-10(8)16)11(17)18-2/h3,7-10,13,16H,1,4-6H2,2H3/t8-,9-,10-/m0/s1. The number of hydroxylamine groups is 1. The summed E-state index contributed by atoms with van der Waals surface area (Å²) in [6.45, 7) is 4.05. The molecule has 0 aromatic carbocycles. The molecule has 0 saturated carbocycles. The fourth-order valence-electron chi connectivity index (χ4n) is 1.94. The quantitative estimate of drug-likeness (QED) is 0.145. The molecule has 0 spiro atoms. The Kier molecular flexibility index (Phi) is 6.72. The summed E-state index contributed by atoms with van der Waals surface area (Å²) in [5.41, 5.74) is 2.69. The summed E-state index contributed by atoms with van der Waals surface area (Å²) in [5.74, 6) is -0.484. The summed E-state index contributed by atoms with van der Waals surface area (Å²) in [5, 5.41) is 9.96. The largest absolute Gasteiger partial charge is 0.468 e. The maximum Gasteiger partial charge on any atom is 0.322 e. The molecule has 19 heavy (non-hydrogen) atoms. The number of nitrogens with one attached hydrogen (secondary N) is 1. The summed E-state index contributed by atoms with van der Waals surface area (Å²) < 4.78 is 4.66. The van der Waals surface area contributed by atoms with Crippen molar-refractivity contribution in [2.45, 2.75) is 24.6 Å². The van der Waals surface area contributed by atoms with Gasteiger partial charge in [-0.25, -0.2) is 0 Å². The predicted octanol–water partition coefficient (Wildman–Crippen LogP) is -1.52. The first-order valence-electron chi connectivity index (χ1n) is 5.92. The number of esters is 1. The van der Waals surface area contributed by atoms with Crippen LogP contribution < -0.4 is 5.48 Å². The highest BCUT2D eigenvalue weighted by atomic mass is 16.6. The van der Waals surface area contributed by atoms with Crippen molar-refractivity contribution in [1.82, 2.24) is 10.3 Å². The highest BCUT2D eigenvalue weighted by Crippen LogP contribution is 2.18. The molecule has 0 amide bonds. The highest BCUT2D eigenvalue weighted by molar-refractivity contribution is 6.64. The second-order valence-electron chi connectivity index (χ2n) is 4.15. The molecule has 0 aliphatic carbocycles. The number of aliphatic hydroxyl groups is 1. The Morgan fingerprint density at radius 2 is 2.42 bits per heavy atom. The van der Waals surface area contributed by atoms with E-state index in [1.54, 1.807) is 6.08 Å². The zero-order valence-electron chi connectivity index (χ0n) is 10.8. The lowest BCUT2D eigenvalue weighted by atomic mass is 9.84. The molecular weight excluding hydrogens is 251 g/mol. The van der Waals surface area contributed by atoms with Crippen molar-refractivity contribution in [2.24, 2.45) is 0 Å². The molecule has 0 unspecified atom stereocenters. The molecule has 0 aromatic rings.